The smallest absolute Gasteiger partial charge is 0.243 e. The van der Waals surface area contributed by atoms with Crippen LogP contribution in [0.1, 0.15) is 12.8 Å². The van der Waals surface area contributed by atoms with Crippen LogP contribution in [-0.4, -0.2) is 44.0 Å². The van der Waals surface area contributed by atoms with Crippen molar-refractivity contribution in [2.45, 2.75) is 12.8 Å². The molecule has 0 radical (unpaired) electrons. The standard InChI is InChI=1S/C16H24N4O/c1-4-5-9-12-20(3)16(17-2)18-13-15(21)19-14-10-7-6-8-11-14/h4,6-8,10-11H,1,5,9,12-13H2,2-3H3,(H,17,18)(H,19,21). The number of nitrogens with zero attached hydrogens (tertiary/aromatic N) is 2. The average Bonchev–Trinajstić information content (AvgIpc) is 2.49. The lowest BCUT2D eigenvalue weighted by atomic mass is 10.3. The summed E-state index contributed by atoms with van der Waals surface area (Å²) in [6.45, 7) is 4.76. The summed E-state index contributed by atoms with van der Waals surface area (Å²) in [5.41, 5.74) is 0.790. The summed E-state index contributed by atoms with van der Waals surface area (Å²) >= 11 is 0. The van der Waals surface area contributed by atoms with Crippen LogP contribution in [0.5, 0.6) is 0 Å². The van der Waals surface area contributed by atoms with Crippen molar-refractivity contribution in [1.29, 1.82) is 0 Å². The molecule has 5 heteroatoms. The molecule has 0 atom stereocenters. The maximum absolute atomic E-state index is 11.9. The van der Waals surface area contributed by atoms with Crippen molar-refractivity contribution in [3.05, 3.63) is 43.0 Å². The van der Waals surface area contributed by atoms with Gasteiger partial charge in [-0.05, 0) is 25.0 Å². The van der Waals surface area contributed by atoms with Crippen LogP contribution < -0.4 is 10.6 Å². The van der Waals surface area contributed by atoms with Gasteiger partial charge in [-0.3, -0.25) is 9.79 Å². The largest absolute Gasteiger partial charge is 0.347 e. The Morgan fingerprint density at radius 3 is 2.71 bits per heavy atom. The molecule has 0 aliphatic heterocycles. The monoisotopic (exact) mass is 288 g/mol. The number of benzene rings is 1. The van der Waals surface area contributed by atoms with E-state index in [-0.39, 0.29) is 12.5 Å². The Morgan fingerprint density at radius 2 is 2.10 bits per heavy atom. The number of anilines is 1. The van der Waals surface area contributed by atoms with Crippen molar-refractivity contribution in [1.82, 2.24) is 10.2 Å². The molecule has 1 rings (SSSR count). The number of aliphatic imine (C=N–C) groups is 1. The molecule has 21 heavy (non-hydrogen) atoms. The molecular formula is C16H24N4O. The Bertz CT molecular complexity index is 470. The van der Waals surface area contributed by atoms with E-state index in [1.807, 2.05) is 48.4 Å². The normalized spacial score (nSPS) is 10.9. The second kappa shape index (κ2) is 9.58. The van der Waals surface area contributed by atoms with E-state index in [9.17, 15) is 4.79 Å². The molecule has 1 aromatic rings. The summed E-state index contributed by atoms with van der Waals surface area (Å²) in [6, 6.07) is 9.39. The Hall–Kier alpha value is -2.30. The summed E-state index contributed by atoms with van der Waals surface area (Å²) in [5.74, 6) is 0.615. The van der Waals surface area contributed by atoms with E-state index in [0.717, 1.165) is 25.1 Å². The van der Waals surface area contributed by atoms with E-state index in [2.05, 4.69) is 22.2 Å². The number of unbranched alkanes of at least 4 members (excludes halogenated alkanes) is 1. The van der Waals surface area contributed by atoms with E-state index < -0.39 is 0 Å². The fourth-order valence-corrected chi connectivity index (χ4v) is 1.85. The molecule has 0 spiro atoms. The zero-order valence-electron chi connectivity index (χ0n) is 12.8. The van der Waals surface area contributed by atoms with Gasteiger partial charge in [-0.15, -0.1) is 6.58 Å². The van der Waals surface area contributed by atoms with Crippen molar-refractivity contribution < 1.29 is 4.79 Å². The van der Waals surface area contributed by atoms with Gasteiger partial charge in [0.2, 0.25) is 5.91 Å². The Kier molecular flexibility index (Phi) is 7.64. The number of para-hydroxylation sites is 1. The number of carbonyl (C=O) groups excluding carboxylic acids is 1. The second-order valence-corrected chi connectivity index (χ2v) is 4.67. The highest BCUT2D eigenvalue weighted by molar-refractivity contribution is 5.94. The first kappa shape index (κ1) is 16.8. The first-order valence-electron chi connectivity index (χ1n) is 7.05. The summed E-state index contributed by atoms with van der Waals surface area (Å²) < 4.78 is 0. The minimum atomic E-state index is -0.0955. The highest BCUT2D eigenvalue weighted by atomic mass is 16.1. The first-order valence-corrected chi connectivity index (χ1v) is 7.05. The number of rotatable bonds is 7. The highest BCUT2D eigenvalue weighted by Gasteiger charge is 2.07. The third-order valence-electron chi connectivity index (χ3n) is 2.94. The maximum Gasteiger partial charge on any atom is 0.243 e. The summed E-state index contributed by atoms with van der Waals surface area (Å²) in [4.78, 5) is 18.0. The van der Waals surface area contributed by atoms with E-state index in [1.54, 1.807) is 7.05 Å². The molecule has 0 aliphatic carbocycles. The van der Waals surface area contributed by atoms with Crippen LogP contribution in [0.2, 0.25) is 0 Å². The third kappa shape index (κ3) is 6.61. The third-order valence-corrected chi connectivity index (χ3v) is 2.94. The van der Waals surface area contributed by atoms with Gasteiger partial charge in [0.1, 0.15) is 0 Å². The van der Waals surface area contributed by atoms with Gasteiger partial charge in [-0.2, -0.15) is 0 Å². The van der Waals surface area contributed by atoms with Gasteiger partial charge in [-0.25, -0.2) is 0 Å². The fourth-order valence-electron chi connectivity index (χ4n) is 1.85. The van der Waals surface area contributed by atoms with Crippen molar-refractivity contribution in [3.63, 3.8) is 0 Å². The minimum absolute atomic E-state index is 0.0955. The maximum atomic E-state index is 11.9. The van der Waals surface area contributed by atoms with E-state index in [4.69, 9.17) is 0 Å². The first-order chi connectivity index (χ1) is 10.2. The number of hydrogen-bond acceptors (Lipinski definition) is 2. The van der Waals surface area contributed by atoms with Crippen LogP contribution in [0, 0.1) is 0 Å². The SMILES string of the molecule is C=CCCCN(C)C(=NC)NCC(=O)Nc1ccccc1. The highest BCUT2D eigenvalue weighted by Crippen LogP contribution is 2.04. The molecule has 0 saturated carbocycles. The van der Waals surface area contributed by atoms with E-state index in [1.165, 1.54) is 0 Å². The zero-order chi connectivity index (χ0) is 15.5. The number of hydrogen-bond donors (Lipinski definition) is 2. The van der Waals surface area contributed by atoms with Crippen LogP contribution in [-0.2, 0) is 4.79 Å². The average molecular weight is 288 g/mol. The minimum Gasteiger partial charge on any atom is -0.347 e. The molecule has 114 valence electrons. The zero-order valence-corrected chi connectivity index (χ0v) is 12.8. The van der Waals surface area contributed by atoms with Gasteiger partial charge >= 0.3 is 0 Å². The topological polar surface area (TPSA) is 56.7 Å². The van der Waals surface area contributed by atoms with Gasteiger partial charge in [0.15, 0.2) is 5.96 Å². The lowest BCUT2D eigenvalue weighted by Crippen LogP contribution is -2.42. The molecule has 0 bridgehead atoms. The molecule has 0 aliphatic rings. The van der Waals surface area contributed by atoms with E-state index in [0.29, 0.717) is 5.96 Å². The molecule has 2 N–H and O–H groups in total. The summed E-state index contributed by atoms with van der Waals surface area (Å²) in [5, 5.41) is 5.88. The van der Waals surface area contributed by atoms with Gasteiger partial charge in [0.05, 0.1) is 6.54 Å². The Balaban J connectivity index is 2.37. The molecule has 0 saturated heterocycles. The molecule has 0 aromatic heterocycles. The molecule has 0 unspecified atom stereocenters. The quantitative estimate of drug-likeness (QED) is 0.350. The van der Waals surface area contributed by atoms with Crippen molar-refractivity contribution in [2.24, 2.45) is 4.99 Å². The fraction of sp³-hybridized carbons (Fsp3) is 0.375. The number of amides is 1. The predicted molar refractivity (Wildman–Crippen MR) is 88.5 cm³/mol. The Labute approximate surface area is 126 Å². The van der Waals surface area contributed by atoms with Crippen molar-refractivity contribution >= 4 is 17.6 Å². The Morgan fingerprint density at radius 1 is 1.38 bits per heavy atom. The molecular weight excluding hydrogens is 264 g/mol. The molecule has 5 nitrogen and oxygen atoms in total. The second-order valence-electron chi connectivity index (χ2n) is 4.67. The molecule has 0 heterocycles. The number of guanidine groups is 1. The molecule has 1 aromatic carbocycles. The van der Waals surface area contributed by atoms with Gasteiger partial charge in [0, 0.05) is 26.3 Å². The van der Waals surface area contributed by atoms with Crippen LogP contribution in [0.15, 0.2) is 48.0 Å². The molecule has 1 amide bonds. The number of carbonyl (C=O) groups is 1. The molecule has 0 fully saturated rings. The number of allylic oxidation sites excluding steroid dienone is 1. The summed E-state index contributed by atoms with van der Waals surface area (Å²) in [7, 11) is 3.66. The number of nitrogens with one attached hydrogen (secondary N) is 2. The predicted octanol–water partition coefficient (Wildman–Crippen LogP) is 2.10. The van der Waals surface area contributed by atoms with Crippen molar-refractivity contribution in [2.75, 3.05) is 32.5 Å². The van der Waals surface area contributed by atoms with Crippen LogP contribution in [0.3, 0.4) is 0 Å². The van der Waals surface area contributed by atoms with E-state index >= 15 is 0 Å². The van der Waals surface area contributed by atoms with Gasteiger partial charge in [0.25, 0.3) is 0 Å². The van der Waals surface area contributed by atoms with Crippen molar-refractivity contribution in [3.8, 4) is 0 Å². The van der Waals surface area contributed by atoms with Gasteiger partial charge in [-0.1, -0.05) is 24.3 Å². The van der Waals surface area contributed by atoms with Gasteiger partial charge < -0.3 is 15.5 Å². The van der Waals surface area contributed by atoms with Crippen LogP contribution >= 0.6 is 0 Å². The van der Waals surface area contributed by atoms with Crippen LogP contribution in [0.25, 0.3) is 0 Å². The van der Waals surface area contributed by atoms with Crippen LogP contribution in [0.4, 0.5) is 5.69 Å². The summed E-state index contributed by atoms with van der Waals surface area (Å²) in [6.07, 6.45) is 3.88. The lowest BCUT2D eigenvalue weighted by molar-refractivity contribution is -0.115. The lowest BCUT2D eigenvalue weighted by Gasteiger charge is -2.21.